The maximum absolute atomic E-state index is 5.85. The highest BCUT2D eigenvalue weighted by Crippen LogP contribution is 2.26. The van der Waals surface area contributed by atoms with Crippen molar-refractivity contribution < 1.29 is 0 Å². The monoisotopic (exact) mass is 252 g/mol. The van der Waals surface area contributed by atoms with Crippen LogP contribution in [0.25, 0.3) is 0 Å². The average Bonchev–Trinajstić information content (AvgIpc) is 1.97. The molecule has 0 fully saturated rings. The number of rotatable bonds is 1. The molecule has 3 heteroatoms. The molecule has 11 heavy (non-hydrogen) atoms. The molecule has 0 spiro atoms. The van der Waals surface area contributed by atoms with Crippen molar-refractivity contribution in [1.29, 1.82) is 0 Å². The largest absolute Gasteiger partial charge is 0.122 e. The maximum atomic E-state index is 5.85. The average molecular weight is 254 g/mol. The predicted molar refractivity (Wildman–Crippen MR) is 53.4 cm³/mol. The summed E-state index contributed by atoms with van der Waals surface area (Å²) in [6, 6.07) is 3.86. The van der Waals surface area contributed by atoms with Crippen molar-refractivity contribution in [2.24, 2.45) is 0 Å². The Morgan fingerprint density at radius 3 is 2.64 bits per heavy atom. The van der Waals surface area contributed by atoms with E-state index in [1.165, 1.54) is 0 Å². The summed E-state index contributed by atoms with van der Waals surface area (Å²) in [6.07, 6.45) is 0. The van der Waals surface area contributed by atoms with Gasteiger partial charge >= 0.3 is 0 Å². The summed E-state index contributed by atoms with van der Waals surface area (Å²) >= 11 is 14.9. The molecule has 0 heterocycles. The molecule has 0 aromatic heterocycles. The number of hydrogen-bond donors (Lipinski definition) is 0. The Morgan fingerprint density at radius 1 is 1.45 bits per heavy atom. The number of halogens is 3. The molecule has 0 aliphatic carbocycles. The fourth-order valence-corrected chi connectivity index (χ4v) is 1.73. The van der Waals surface area contributed by atoms with E-state index >= 15 is 0 Å². The Bertz CT molecular complexity index is 271. The van der Waals surface area contributed by atoms with E-state index in [4.69, 9.17) is 23.2 Å². The minimum atomic E-state index is 0.529. The van der Waals surface area contributed by atoms with Crippen LogP contribution in [0.4, 0.5) is 0 Å². The summed E-state index contributed by atoms with van der Waals surface area (Å²) in [7, 11) is 0. The minimum absolute atomic E-state index is 0.529. The quantitative estimate of drug-likeness (QED) is 0.660. The summed E-state index contributed by atoms with van der Waals surface area (Å²) in [5.41, 5.74) is 2.25. The molecule has 1 aromatic carbocycles. The van der Waals surface area contributed by atoms with Crippen LogP contribution in [0.15, 0.2) is 16.6 Å². The molecule has 0 unspecified atom stereocenters. The van der Waals surface area contributed by atoms with Crippen LogP contribution in [-0.4, -0.2) is 0 Å². The van der Waals surface area contributed by atoms with Gasteiger partial charge in [0.15, 0.2) is 0 Å². The van der Waals surface area contributed by atoms with Crippen LogP contribution in [0, 0.1) is 6.92 Å². The molecule has 0 aliphatic rings. The molecular formula is C8H7BrCl2. The zero-order valence-electron chi connectivity index (χ0n) is 6.00. The van der Waals surface area contributed by atoms with E-state index in [2.05, 4.69) is 15.9 Å². The normalized spacial score (nSPS) is 10.2. The second-order valence-corrected chi connectivity index (χ2v) is 3.86. The Hall–Kier alpha value is 0.280. The van der Waals surface area contributed by atoms with E-state index < -0.39 is 0 Å². The van der Waals surface area contributed by atoms with Gasteiger partial charge in [-0.1, -0.05) is 11.6 Å². The molecule has 1 rings (SSSR count). The van der Waals surface area contributed by atoms with Crippen LogP contribution >= 0.6 is 39.1 Å². The summed E-state index contributed by atoms with van der Waals surface area (Å²) in [6.45, 7) is 2.00. The molecular weight excluding hydrogens is 247 g/mol. The van der Waals surface area contributed by atoms with Gasteiger partial charge in [-0.05, 0) is 46.1 Å². The Kier molecular flexibility index (Phi) is 3.23. The van der Waals surface area contributed by atoms with Crippen LogP contribution in [0.1, 0.15) is 11.1 Å². The van der Waals surface area contributed by atoms with Gasteiger partial charge < -0.3 is 0 Å². The highest BCUT2D eigenvalue weighted by atomic mass is 79.9. The summed E-state index contributed by atoms with van der Waals surface area (Å²) < 4.78 is 0.903. The lowest BCUT2D eigenvalue weighted by molar-refractivity contribution is 1.29. The van der Waals surface area contributed by atoms with Crippen molar-refractivity contribution in [3.8, 4) is 0 Å². The third kappa shape index (κ3) is 2.11. The summed E-state index contributed by atoms with van der Waals surface area (Å²) in [4.78, 5) is 0. The van der Waals surface area contributed by atoms with Crippen molar-refractivity contribution in [2.45, 2.75) is 12.8 Å². The molecule has 0 bridgehead atoms. The number of aryl methyl sites for hydroxylation is 1. The fourth-order valence-electron chi connectivity index (χ4n) is 0.831. The lowest BCUT2D eigenvalue weighted by atomic mass is 10.1. The van der Waals surface area contributed by atoms with Crippen molar-refractivity contribution in [1.82, 2.24) is 0 Å². The van der Waals surface area contributed by atoms with Gasteiger partial charge in [0.05, 0.1) is 5.02 Å². The van der Waals surface area contributed by atoms with E-state index in [1.807, 2.05) is 19.1 Å². The molecule has 0 amide bonds. The minimum Gasteiger partial charge on any atom is -0.122 e. The topological polar surface area (TPSA) is 0 Å². The standard InChI is InChI=1S/C8H7BrCl2/c1-5-2-8(11)7(9)3-6(5)4-10/h2-3H,4H2,1H3. The number of alkyl halides is 1. The second kappa shape index (κ2) is 3.79. The van der Waals surface area contributed by atoms with Crippen LogP contribution in [-0.2, 0) is 5.88 Å². The van der Waals surface area contributed by atoms with E-state index in [0.29, 0.717) is 5.88 Å². The first-order chi connectivity index (χ1) is 5.15. The Morgan fingerprint density at radius 2 is 2.09 bits per heavy atom. The molecule has 1 aromatic rings. The number of benzene rings is 1. The molecule has 60 valence electrons. The maximum Gasteiger partial charge on any atom is 0.0550 e. The lowest BCUT2D eigenvalue weighted by Gasteiger charge is -2.03. The van der Waals surface area contributed by atoms with Crippen molar-refractivity contribution in [3.05, 3.63) is 32.8 Å². The van der Waals surface area contributed by atoms with Crippen molar-refractivity contribution >= 4 is 39.1 Å². The van der Waals surface area contributed by atoms with Gasteiger partial charge in [-0.3, -0.25) is 0 Å². The number of hydrogen-bond acceptors (Lipinski definition) is 0. The molecule has 0 saturated heterocycles. The van der Waals surface area contributed by atoms with Gasteiger partial charge in [0, 0.05) is 10.4 Å². The van der Waals surface area contributed by atoms with Crippen LogP contribution < -0.4 is 0 Å². The third-order valence-corrected chi connectivity index (χ3v) is 3.01. The fraction of sp³-hybridized carbons (Fsp3) is 0.250. The zero-order chi connectivity index (χ0) is 8.43. The first kappa shape index (κ1) is 9.37. The van der Waals surface area contributed by atoms with Crippen LogP contribution in [0.5, 0.6) is 0 Å². The molecule has 0 aliphatic heterocycles. The van der Waals surface area contributed by atoms with Gasteiger partial charge in [-0.25, -0.2) is 0 Å². The smallest absolute Gasteiger partial charge is 0.0550 e. The third-order valence-electron chi connectivity index (χ3n) is 1.52. The highest BCUT2D eigenvalue weighted by Gasteiger charge is 2.01. The summed E-state index contributed by atoms with van der Waals surface area (Å²) in [5.74, 6) is 0.529. The van der Waals surface area contributed by atoms with Crippen molar-refractivity contribution in [3.63, 3.8) is 0 Å². The Balaban J connectivity index is 3.21. The molecule has 0 radical (unpaired) electrons. The molecule has 0 saturated carbocycles. The van der Waals surface area contributed by atoms with Gasteiger partial charge in [0.1, 0.15) is 0 Å². The lowest BCUT2D eigenvalue weighted by Crippen LogP contribution is -1.84. The second-order valence-electron chi connectivity index (χ2n) is 2.33. The summed E-state index contributed by atoms with van der Waals surface area (Å²) in [5, 5.41) is 0.733. The van der Waals surface area contributed by atoms with Gasteiger partial charge in [0.25, 0.3) is 0 Å². The van der Waals surface area contributed by atoms with Crippen LogP contribution in [0.3, 0.4) is 0 Å². The van der Waals surface area contributed by atoms with E-state index in [9.17, 15) is 0 Å². The first-order valence-electron chi connectivity index (χ1n) is 3.15. The van der Waals surface area contributed by atoms with Crippen molar-refractivity contribution in [2.75, 3.05) is 0 Å². The van der Waals surface area contributed by atoms with Gasteiger partial charge in [-0.2, -0.15) is 0 Å². The molecule has 0 nitrogen and oxygen atoms in total. The van der Waals surface area contributed by atoms with Gasteiger partial charge in [0.2, 0.25) is 0 Å². The van der Waals surface area contributed by atoms with Gasteiger partial charge in [-0.15, -0.1) is 11.6 Å². The zero-order valence-corrected chi connectivity index (χ0v) is 9.09. The van der Waals surface area contributed by atoms with Crippen LogP contribution in [0.2, 0.25) is 5.02 Å². The van der Waals surface area contributed by atoms with E-state index in [0.717, 1.165) is 20.6 Å². The SMILES string of the molecule is Cc1cc(Cl)c(Br)cc1CCl. The van der Waals surface area contributed by atoms with E-state index in [1.54, 1.807) is 0 Å². The first-order valence-corrected chi connectivity index (χ1v) is 4.86. The predicted octanol–water partition coefficient (Wildman–Crippen LogP) is 4.15. The Labute approximate surface area is 84.6 Å². The highest BCUT2D eigenvalue weighted by molar-refractivity contribution is 9.10. The van der Waals surface area contributed by atoms with E-state index in [-0.39, 0.29) is 0 Å². The molecule has 0 N–H and O–H groups in total. The molecule has 0 atom stereocenters.